The van der Waals surface area contributed by atoms with Gasteiger partial charge in [-0.3, -0.25) is 0 Å². The van der Waals surface area contributed by atoms with Crippen LogP contribution in [0.25, 0.3) is 0 Å². The molecule has 2 heterocycles. The molecule has 1 aromatic heterocycles. The Kier molecular flexibility index (Phi) is 3.73. The minimum absolute atomic E-state index is 0.0355. The van der Waals surface area contributed by atoms with Crippen LogP contribution in [0.3, 0.4) is 0 Å². The molecule has 0 saturated heterocycles. The zero-order valence-electron chi connectivity index (χ0n) is 10.3. The van der Waals surface area contributed by atoms with Crippen molar-refractivity contribution in [2.45, 2.75) is 25.5 Å². The van der Waals surface area contributed by atoms with Crippen LogP contribution in [0.5, 0.6) is 5.75 Å². The van der Waals surface area contributed by atoms with E-state index >= 15 is 0 Å². The summed E-state index contributed by atoms with van der Waals surface area (Å²) in [5, 5.41) is 0. The number of rotatable bonds is 1. The molecule has 2 nitrogen and oxygen atoms in total. The van der Waals surface area contributed by atoms with Gasteiger partial charge in [-0.2, -0.15) is 0 Å². The molecule has 19 heavy (non-hydrogen) atoms. The fourth-order valence-corrected chi connectivity index (χ4v) is 4.45. The van der Waals surface area contributed by atoms with Crippen molar-refractivity contribution in [3.8, 4) is 5.75 Å². The minimum Gasteiger partial charge on any atom is -0.484 e. The molecule has 1 unspecified atom stereocenters. The van der Waals surface area contributed by atoms with Gasteiger partial charge in [-0.25, -0.2) is 0 Å². The first kappa shape index (κ1) is 13.6. The maximum atomic E-state index is 6.29. The van der Waals surface area contributed by atoms with E-state index in [1.807, 2.05) is 6.07 Å². The molecule has 0 fully saturated rings. The first-order chi connectivity index (χ1) is 9.04. The van der Waals surface area contributed by atoms with Crippen molar-refractivity contribution in [1.82, 2.24) is 0 Å². The molecule has 3 rings (SSSR count). The molecule has 0 saturated carbocycles. The zero-order valence-corrected chi connectivity index (χ0v) is 14.3. The van der Waals surface area contributed by atoms with Crippen LogP contribution in [-0.4, -0.2) is 0 Å². The van der Waals surface area contributed by atoms with Crippen molar-refractivity contribution in [1.29, 1.82) is 0 Å². The van der Waals surface area contributed by atoms with Crippen molar-refractivity contribution < 1.29 is 4.74 Å². The van der Waals surface area contributed by atoms with E-state index in [1.165, 1.54) is 10.4 Å². The van der Waals surface area contributed by atoms with E-state index in [1.54, 1.807) is 11.3 Å². The third kappa shape index (κ3) is 2.61. The highest BCUT2D eigenvalue weighted by molar-refractivity contribution is 9.13. The van der Waals surface area contributed by atoms with Gasteiger partial charge in [0.25, 0.3) is 0 Å². The van der Waals surface area contributed by atoms with E-state index in [4.69, 9.17) is 10.5 Å². The predicted molar refractivity (Wildman–Crippen MR) is 85.8 cm³/mol. The van der Waals surface area contributed by atoms with Gasteiger partial charge < -0.3 is 10.5 Å². The first-order valence-corrected chi connectivity index (χ1v) is 8.42. The Morgan fingerprint density at radius 2 is 2.11 bits per heavy atom. The van der Waals surface area contributed by atoms with Gasteiger partial charge in [0, 0.05) is 27.4 Å². The van der Waals surface area contributed by atoms with Crippen LogP contribution in [0.1, 0.15) is 34.6 Å². The number of aryl methyl sites for hydroxylation is 1. The summed E-state index contributed by atoms with van der Waals surface area (Å²) in [6.45, 7) is 2.08. The molecule has 2 atom stereocenters. The lowest BCUT2D eigenvalue weighted by molar-refractivity contribution is 0.165. The predicted octanol–water partition coefficient (Wildman–Crippen LogP) is 5.11. The summed E-state index contributed by atoms with van der Waals surface area (Å²) < 4.78 is 8.26. The number of hydrogen-bond donors (Lipinski definition) is 1. The quantitative estimate of drug-likeness (QED) is 0.719. The summed E-state index contributed by atoms with van der Waals surface area (Å²) in [7, 11) is 0. The normalized spacial score (nSPS) is 21.9. The second-order valence-corrected chi connectivity index (χ2v) is 8.02. The molecule has 5 heteroatoms. The van der Waals surface area contributed by atoms with Crippen LogP contribution in [0, 0.1) is 6.92 Å². The van der Waals surface area contributed by atoms with Crippen molar-refractivity contribution in [2.24, 2.45) is 5.73 Å². The van der Waals surface area contributed by atoms with Crippen molar-refractivity contribution in [2.75, 3.05) is 0 Å². The molecule has 2 aromatic rings. The summed E-state index contributed by atoms with van der Waals surface area (Å²) >= 11 is 8.73. The standard InChI is InChI=1S/C14H13Br2NOS/c1-7-2-3-11-8(4-7)10(17)6-12(18-11)13-5-9(15)14(16)19-13/h2-5,10,12H,6,17H2,1H3/t10-,12?/m0/s1. The third-order valence-corrected chi connectivity index (χ3v) is 6.63. The Morgan fingerprint density at radius 3 is 2.79 bits per heavy atom. The Balaban J connectivity index is 1.94. The smallest absolute Gasteiger partial charge is 0.135 e. The maximum Gasteiger partial charge on any atom is 0.135 e. The van der Waals surface area contributed by atoms with Crippen molar-refractivity contribution >= 4 is 43.2 Å². The molecule has 1 aliphatic heterocycles. The monoisotopic (exact) mass is 401 g/mol. The number of hydrogen-bond acceptors (Lipinski definition) is 3. The molecule has 100 valence electrons. The molecule has 0 amide bonds. The molecule has 0 spiro atoms. The second kappa shape index (κ2) is 5.20. The van der Waals surface area contributed by atoms with Crippen LogP contribution in [0.15, 0.2) is 32.5 Å². The van der Waals surface area contributed by atoms with E-state index in [0.717, 1.165) is 26.0 Å². The van der Waals surface area contributed by atoms with E-state index in [-0.39, 0.29) is 12.1 Å². The largest absolute Gasteiger partial charge is 0.484 e. The van der Waals surface area contributed by atoms with Crippen LogP contribution in [0.4, 0.5) is 0 Å². The van der Waals surface area contributed by atoms with E-state index in [9.17, 15) is 0 Å². The summed E-state index contributed by atoms with van der Waals surface area (Å²) in [5.74, 6) is 0.912. The topological polar surface area (TPSA) is 35.2 Å². The Labute approximate surface area is 133 Å². The van der Waals surface area contributed by atoms with Gasteiger partial charge in [0.1, 0.15) is 11.9 Å². The third-order valence-electron chi connectivity index (χ3n) is 3.28. The fourth-order valence-electron chi connectivity index (χ4n) is 2.32. The summed E-state index contributed by atoms with van der Waals surface area (Å²) in [4.78, 5) is 1.19. The molecular weight excluding hydrogens is 390 g/mol. The number of ether oxygens (including phenoxy) is 1. The number of benzene rings is 1. The van der Waals surface area contributed by atoms with Crippen molar-refractivity contribution in [3.63, 3.8) is 0 Å². The van der Waals surface area contributed by atoms with Gasteiger partial charge in [-0.15, -0.1) is 11.3 Å². The number of fused-ring (bicyclic) bond motifs is 1. The van der Waals surface area contributed by atoms with Crippen LogP contribution >= 0.6 is 43.2 Å². The van der Waals surface area contributed by atoms with E-state index in [0.29, 0.717) is 0 Å². The molecule has 2 N–H and O–H groups in total. The highest BCUT2D eigenvalue weighted by Crippen LogP contribution is 2.44. The van der Waals surface area contributed by atoms with Gasteiger partial charge in [0.15, 0.2) is 0 Å². The highest BCUT2D eigenvalue weighted by atomic mass is 79.9. The average molecular weight is 403 g/mol. The first-order valence-electron chi connectivity index (χ1n) is 6.02. The maximum absolute atomic E-state index is 6.29. The molecular formula is C14H13Br2NOS. The summed E-state index contributed by atoms with van der Waals surface area (Å²) in [5.41, 5.74) is 8.63. The van der Waals surface area contributed by atoms with E-state index in [2.05, 4.69) is 57.0 Å². The van der Waals surface area contributed by atoms with Gasteiger partial charge in [-0.1, -0.05) is 17.7 Å². The summed E-state index contributed by atoms with van der Waals surface area (Å²) in [6, 6.07) is 8.35. The van der Waals surface area contributed by atoms with Gasteiger partial charge >= 0.3 is 0 Å². The molecule has 0 radical (unpaired) electrons. The Hall–Kier alpha value is -0.360. The van der Waals surface area contributed by atoms with Crippen LogP contribution < -0.4 is 10.5 Å². The lowest BCUT2D eigenvalue weighted by Gasteiger charge is -2.30. The van der Waals surface area contributed by atoms with Crippen LogP contribution in [-0.2, 0) is 0 Å². The molecule has 1 aromatic carbocycles. The van der Waals surface area contributed by atoms with Crippen molar-refractivity contribution in [3.05, 3.63) is 48.5 Å². The molecule has 0 aliphatic carbocycles. The Bertz CT molecular complexity index is 606. The lowest BCUT2D eigenvalue weighted by atomic mass is 9.95. The number of halogens is 2. The summed E-state index contributed by atoms with van der Waals surface area (Å²) in [6.07, 6.45) is 0.855. The fraction of sp³-hybridized carbons (Fsp3) is 0.286. The SMILES string of the molecule is Cc1ccc2c(c1)[C@@H](N)CC(c1cc(Br)c(Br)s1)O2. The second-order valence-electron chi connectivity index (χ2n) is 4.76. The number of nitrogens with two attached hydrogens (primary N) is 1. The van der Waals surface area contributed by atoms with Gasteiger partial charge in [0.05, 0.1) is 3.79 Å². The van der Waals surface area contributed by atoms with Gasteiger partial charge in [0.2, 0.25) is 0 Å². The van der Waals surface area contributed by atoms with Crippen LogP contribution in [0.2, 0.25) is 0 Å². The van der Waals surface area contributed by atoms with Gasteiger partial charge in [-0.05, 0) is 50.9 Å². The molecule has 0 bridgehead atoms. The molecule has 1 aliphatic rings. The lowest BCUT2D eigenvalue weighted by Crippen LogP contribution is -2.23. The minimum atomic E-state index is 0.0355. The van der Waals surface area contributed by atoms with E-state index < -0.39 is 0 Å². The Morgan fingerprint density at radius 1 is 1.32 bits per heavy atom. The number of thiophene rings is 1. The average Bonchev–Trinajstić information content (AvgIpc) is 2.70. The zero-order chi connectivity index (χ0) is 13.6. The highest BCUT2D eigenvalue weighted by Gasteiger charge is 2.28.